The third kappa shape index (κ3) is 2.83. The van der Waals surface area contributed by atoms with Gasteiger partial charge in [-0.1, -0.05) is 0 Å². The van der Waals surface area contributed by atoms with Gasteiger partial charge in [0.25, 0.3) is 0 Å². The second kappa shape index (κ2) is 5.13. The molecule has 9 heteroatoms. The van der Waals surface area contributed by atoms with Crippen LogP contribution in [0.1, 0.15) is 5.82 Å². The molecule has 0 spiro atoms. The fourth-order valence-electron chi connectivity index (χ4n) is 1.24. The molecule has 0 saturated carbocycles. The van der Waals surface area contributed by atoms with Crippen LogP contribution in [0.5, 0.6) is 0 Å². The predicted octanol–water partition coefficient (Wildman–Crippen LogP) is 0.332. The molecule has 2 aromatic rings. The molecule has 96 valence electrons. The average Bonchev–Trinajstić information content (AvgIpc) is 2.71. The van der Waals surface area contributed by atoms with E-state index in [1.54, 1.807) is 11.2 Å². The van der Waals surface area contributed by atoms with Gasteiger partial charge < -0.3 is 14.8 Å². The average molecular weight is 269 g/mol. The number of halogens is 1. The summed E-state index contributed by atoms with van der Waals surface area (Å²) in [5.41, 5.74) is 0. The maximum atomic E-state index is 5.82. The second-order valence-corrected chi connectivity index (χ2v) is 4.17. The van der Waals surface area contributed by atoms with E-state index in [9.17, 15) is 0 Å². The third-order valence-electron chi connectivity index (χ3n) is 2.21. The number of hydrogen-bond donors (Lipinski definition) is 1. The van der Waals surface area contributed by atoms with E-state index in [-0.39, 0.29) is 5.28 Å². The largest absolute Gasteiger partial charge is 0.347 e. The number of aryl methyl sites for hydroxylation is 1. The van der Waals surface area contributed by atoms with E-state index in [0.29, 0.717) is 18.4 Å². The first-order valence-corrected chi connectivity index (χ1v) is 5.59. The van der Waals surface area contributed by atoms with Gasteiger partial charge in [-0.05, 0) is 11.6 Å². The molecule has 2 aromatic heterocycles. The van der Waals surface area contributed by atoms with E-state index in [0.717, 1.165) is 5.82 Å². The summed E-state index contributed by atoms with van der Waals surface area (Å²) in [6.07, 6.45) is 1.63. The first-order chi connectivity index (χ1) is 8.56. The van der Waals surface area contributed by atoms with Crippen LogP contribution in [0.25, 0.3) is 0 Å². The number of hydrogen-bond acceptors (Lipinski definition) is 7. The van der Waals surface area contributed by atoms with E-state index in [4.69, 9.17) is 11.6 Å². The van der Waals surface area contributed by atoms with Gasteiger partial charge in [0.1, 0.15) is 6.33 Å². The Bertz CT molecular complexity index is 537. The first kappa shape index (κ1) is 12.5. The third-order valence-corrected chi connectivity index (χ3v) is 2.38. The molecule has 0 aromatic carbocycles. The molecule has 2 heterocycles. The monoisotopic (exact) mass is 268 g/mol. The van der Waals surface area contributed by atoms with Crippen LogP contribution in [-0.2, 0) is 13.6 Å². The minimum Gasteiger partial charge on any atom is -0.347 e. The van der Waals surface area contributed by atoms with Crippen molar-refractivity contribution < 1.29 is 0 Å². The molecule has 0 atom stereocenters. The van der Waals surface area contributed by atoms with Gasteiger partial charge in [0.2, 0.25) is 17.2 Å². The molecular weight excluding hydrogens is 256 g/mol. The zero-order valence-corrected chi connectivity index (χ0v) is 11.0. The van der Waals surface area contributed by atoms with Gasteiger partial charge in [0, 0.05) is 21.1 Å². The van der Waals surface area contributed by atoms with E-state index < -0.39 is 0 Å². The molecule has 0 fully saturated rings. The Hall–Kier alpha value is -1.96. The Balaban J connectivity index is 2.12. The standard InChI is InChI=1S/C9H13ClN8/c1-17(2)9-14-7(10)13-8(15-9)11-4-6-16-12-5-18(6)3/h5H,4H2,1-3H3,(H,11,13,14,15). The zero-order chi connectivity index (χ0) is 13.1. The molecule has 1 N–H and O–H groups in total. The van der Waals surface area contributed by atoms with Gasteiger partial charge in [-0.25, -0.2) is 0 Å². The summed E-state index contributed by atoms with van der Waals surface area (Å²) in [7, 11) is 5.53. The molecule has 0 bridgehead atoms. The lowest BCUT2D eigenvalue weighted by Gasteiger charge is -2.11. The molecule has 0 unspecified atom stereocenters. The van der Waals surface area contributed by atoms with Gasteiger partial charge in [0.15, 0.2) is 5.82 Å². The van der Waals surface area contributed by atoms with Crippen molar-refractivity contribution in [1.82, 2.24) is 29.7 Å². The highest BCUT2D eigenvalue weighted by molar-refractivity contribution is 6.28. The van der Waals surface area contributed by atoms with Crippen molar-refractivity contribution in [3.8, 4) is 0 Å². The molecule has 18 heavy (non-hydrogen) atoms. The molecule has 0 aliphatic carbocycles. The van der Waals surface area contributed by atoms with E-state index in [1.165, 1.54) is 0 Å². The predicted molar refractivity (Wildman–Crippen MR) is 67.5 cm³/mol. The first-order valence-electron chi connectivity index (χ1n) is 5.22. The van der Waals surface area contributed by atoms with Crippen LogP contribution in [-0.4, -0.2) is 43.8 Å². The van der Waals surface area contributed by atoms with E-state index in [2.05, 4.69) is 30.5 Å². The van der Waals surface area contributed by atoms with Crippen LogP contribution in [0, 0.1) is 0 Å². The summed E-state index contributed by atoms with van der Waals surface area (Å²) in [4.78, 5) is 13.9. The Kier molecular flexibility index (Phi) is 3.56. The van der Waals surface area contributed by atoms with Crippen molar-refractivity contribution >= 4 is 23.5 Å². The van der Waals surface area contributed by atoms with E-state index in [1.807, 2.05) is 25.7 Å². The van der Waals surface area contributed by atoms with Gasteiger partial charge in [0.05, 0.1) is 6.54 Å². The minimum atomic E-state index is 0.147. The van der Waals surface area contributed by atoms with Gasteiger partial charge in [-0.15, -0.1) is 10.2 Å². The molecule has 8 nitrogen and oxygen atoms in total. The highest BCUT2D eigenvalue weighted by atomic mass is 35.5. The number of anilines is 2. The molecule has 0 aliphatic heterocycles. The summed E-state index contributed by atoms with van der Waals surface area (Å²) in [5.74, 6) is 1.68. The second-order valence-electron chi connectivity index (χ2n) is 3.83. The van der Waals surface area contributed by atoms with Crippen LogP contribution in [0.4, 0.5) is 11.9 Å². The smallest absolute Gasteiger partial charge is 0.230 e. The summed E-state index contributed by atoms with van der Waals surface area (Å²) >= 11 is 5.82. The van der Waals surface area contributed by atoms with Crippen LogP contribution >= 0.6 is 11.6 Å². The highest BCUT2D eigenvalue weighted by Gasteiger charge is 2.07. The van der Waals surface area contributed by atoms with Crippen molar-refractivity contribution in [3.63, 3.8) is 0 Å². The lowest BCUT2D eigenvalue weighted by atomic mass is 10.6. The van der Waals surface area contributed by atoms with Crippen molar-refractivity contribution in [3.05, 3.63) is 17.4 Å². The summed E-state index contributed by atoms with van der Waals surface area (Å²) in [6, 6.07) is 0. The summed E-state index contributed by atoms with van der Waals surface area (Å²) < 4.78 is 1.81. The van der Waals surface area contributed by atoms with Gasteiger partial charge in [-0.3, -0.25) is 0 Å². The van der Waals surface area contributed by atoms with Crippen molar-refractivity contribution in [2.45, 2.75) is 6.54 Å². The van der Waals surface area contributed by atoms with Crippen LogP contribution in [0.2, 0.25) is 5.28 Å². The molecule has 2 rings (SSSR count). The maximum Gasteiger partial charge on any atom is 0.230 e. The lowest BCUT2D eigenvalue weighted by molar-refractivity contribution is 0.805. The summed E-state index contributed by atoms with van der Waals surface area (Å²) in [5, 5.41) is 10.9. The Labute approximate surface area is 109 Å². The fraction of sp³-hybridized carbons (Fsp3) is 0.444. The van der Waals surface area contributed by atoms with E-state index >= 15 is 0 Å². The zero-order valence-electron chi connectivity index (χ0n) is 10.3. The number of aromatic nitrogens is 6. The van der Waals surface area contributed by atoms with Gasteiger partial charge >= 0.3 is 0 Å². The van der Waals surface area contributed by atoms with Crippen molar-refractivity contribution in [2.24, 2.45) is 7.05 Å². The summed E-state index contributed by atoms with van der Waals surface area (Å²) in [6.45, 7) is 0.462. The molecule has 0 saturated heterocycles. The SMILES string of the molecule is CN(C)c1nc(Cl)nc(NCc2nncn2C)n1. The maximum absolute atomic E-state index is 5.82. The Morgan fingerprint density at radius 3 is 2.72 bits per heavy atom. The number of nitrogens with zero attached hydrogens (tertiary/aromatic N) is 7. The highest BCUT2D eigenvalue weighted by Crippen LogP contribution is 2.11. The normalized spacial score (nSPS) is 10.4. The Morgan fingerprint density at radius 1 is 1.33 bits per heavy atom. The van der Waals surface area contributed by atoms with Crippen LogP contribution in [0.3, 0.4) is 0 Å². The number of rotatable bonds is 4. The van der Waals surface area contributed by atoms with Crippen molar-refractivity contribution in [1.29, 1.82) is 0 Å². The topological polar surface area (TPSA) is 84.7 Å². The van der Waals surface area contributed by atoms with Crippen molar-refractivity contribution in [2.75, 3.05) is 24.3 Å². The number of nitrogens with one attached hydrogen (secondary N) is 1. The molecule has 0 aliphatic rings. The van der Waals surface area contributed by atoms with Crippen LogP contribution in [0.15, 0.2) is 6.33 Å². The minimum absolute atomic E-state index is 0.147. The fourth-order valence-corrected chi connectivity index (χ4v) is 1.40. The van der Waals surface area contributed by atoms with Gasteiger partial charge in [-0.2, -0.15) is 15.0 Å². The van der Waals surface area contributed by atoms with Crippen LogP contribution < -0.4 is 10.2 Å². The molecule has 0 radical (unpaired) electrons. The lowest BCUT2D eigenvalue weighted by Crippen LogP contribution is -2.15. The Morgan fingerprint density at radius 2 is 2.11 bits per heavy atom. The molecular formula is C9H13ClN8. The quantitative estimate of drug-likeness (QED) is 0.855. The molecule has 0 amide bonds.